The highest BCUT2D eigenvalue weighted by Crippen LogP contribution is 2.33. The first kappa shape index (κ1) is 19.5. The molecule has 3 heterocycles. The lowest BCUT2D eigenvalue weighted by Crippen LogP contribution is -2.60. The van der Waals surface area contributed by atoms with Crippen LogP contribution in [0, 0.1) is 0 Å². The molecule has 2 aromatic carbocycles. The molecule has 6 heteroatoms. The van der Waals surface area contributed by atoms with Crippen LogP contribution in [0.3, 0.4) is 0 Å². The quantitative estimate of drug-likeness (QED) is 0.772. The first-order valence-electron chi connectivity index (χ1n) is 10.9. The van der Waals surface area contributed by atoms with E-state index >= 15 is 0 Å². The zero-order valence-electron chi connectivity index (χ0n) is 17.7. The predicted octanol–water partition coefficient (Wildman–Crippen LogP) is 3.06. The van der Waals surface area contributed by atoms with Gasteiger partial charge in [-0.2, -0.15) is 0 Å². The molecule has 0 aromatic heterocycles. The normalized spacial score (nSPS) is 28.9. The number of fused-ring (bicyclic) bond motifs is 2. The molecule has 4 atom stereocenters. The number of rotatable bonds is 4. The van der Waals surface area contributed by atoms with Gasteiger partial charge in [0.25, 0.3) is 0 Å². The minimum absolute atomic E-state index is 0.0627. The van der Waals surface area contributed by atoms with Crippen LogP contribution in [0.4, 0.5) is 0 Å². The first-order valence-corrected chi connectivity index (χ1v) is 10.9. The maximum Gasteiger partial charge on any atom is 0.161 e. The highest BCUT2D eigenvalue weighted by Gasteiger charge is 2.34. The van der Waals surface area contributed by atoms with Gasteiger partial charge in [-0.3, -0.25) is 9.80 Å². The molecule has 30 heavy (non-hydrogen) atoms. The minimum atomic E-state index is 0.0627. The minimum Gasteiger partial charge on any atom is -0.486 e. The zero-order valence-corrected chi connectivity index (χ0v) is 17.7. The Morgan fingerprint density at radius 2 is 1.07 bits per heavy atom. The Balaban J connectivity index is 1.16. The van der Waals surface area contributed by atoms with Crippen LogP contribution in [0.15, 0.2) is 48.5 Å². The summed E-state index contributed by atoms with van der Waals surface area (Å²) in [7, 11) is 0. The zero-order chi connectivity index (χ0) is 20.5. The maximum absolute atomic E-state index is 6.18. The Hall–Kier alpha value is -2.44. The van der Waals surface area contributed by atoms with E-state index in [0.717, 1.165) is 49.2 Å². The van der Waals surface area contributed by atoms with Crippen molar-refractivity contribution in [2.45, 2.75) is 38.1 Å². The van der Waals surface area contributed by atoms with Crippen LogP contribution in [0.25, 0.3) is 0 Å². The standard InChI is InChI=1S/C24H30N2O4/c1-17-11-26(14-20-16-28-22-8-4-6-10-24(22)30-20)18(2)12-25(17)13-19-15-27-21-7-3-5-9-23(21)29-19/h3-10,17-20H,11-16H2,1-2H3/t17-,18+,19?,20?. The van der Waals surface area contributed by atoms with E-state index in [-0.39, 0.29) is 12.2 Å². The van der Waals surface area contributed by atoms with Gasteiger partial charge in [0.1, 0.15) is 25.4 Å². The molecule has 3 aliphatic heterocycles. The van der Waals surface area contributed by atoms with Crippen molar-refractivity contribution in [2.24, 2.45) is 0 Å². The van der Waals surface area contributed by atoms with Crippen molar-refractivity contribution in [3.8, 4) is 23.0 Å². The summed E-state index contributed by atoms with van der Waals surface area (Å²) in [6, 6.07) is 16.7. The molecule has 0 spiro atoms. The van der Waals surface area contributed by atoms with Crippen LogP contribution in [0.5, 0.6) is 23.0 Å². The van der Waals surface area contributed by atoms with E-state index in [4.69, 9.17) is 18.9 Å². The van der Waals surface area contributed by atoms with Gasteiger partial charge in [0, 0.05) is 38.3 Å². The summed E-state index contributed by atoms with van der Waals surface area (Å²) in [6.45, 7) is 9.57. The fourth-order valence-corrected chi connectivity index (χ4v) is 4.61. The second-order valence-corrected chi connectivity index (χ2v) is 8.60. The molecule has 5 rings (SSSR count). The second-order valence-electron chi connectivity index (χ2n) is 8.60. The third-order valence-electron chi connectivity index (χ3n) is 6.26. The smallest absolute Gasteiger partial charge is 0.161 e. The van der Waals surface area contributed by atoms with E-state index in [9.17, 15) is 0 Å². The van der Waals surface area contributed by atoms with Crippen LogP contribution < -0.4 is 18.9 Å². The van der Waals surface area contributed by atoms with E-state index in [2.05, 4.69) is 23.6 Å². The monoisotopic (exact) mass is 410 g/mol. The Labute approximate surface area is 178 Å². The number of benzene rings is 2. The van der Waals surface area contributed by atoms with Crippen LogP contribution in [-0.4, -0.2) is 73.5 Å². The molecule has 6 nitrogen and oxygen atoms in total. The van der Waals surface area contributed by atoms with E-state index in [1.807, 2.05) is 48.5 Å². The molecule has 0 aliphatic carbocycles. The number of hydrogen-bond acceptors (Lipinski definition) is 6. The lowest BCUT2D eigenvalue weighted by Gasteiger charge is -2.46. The highest BCUT2D eigenvalue weighted by atomic mass is 16.6. The van der Waals surface area contributed by atoms with Crippen molar-refractivity contribution >= 4 is 0 Å². The second kappa shape index (κ2) is 8.36. The van der Waals surface area contributed by atoms with Gasteiger partial charge in [-0.25, -0.2) is 0 Å². The van der Waals surface area contributed by atoms with Crippen molar-refractivity contribution in [2.75, 3.05) is 39.4 Å². The Kier molecular flexibility index (Phi) is 5.44. The molecule has 2 aromatic rings. The fourth-order valence-electron chi connectivity index (χ4n) is 4.61. The maximum atomic E-state index is 6.18. The Morgan fingerprint density at radius 1 is 0.667 bits per heavy atom. The van der Waals surface area contributed by atoms with Gasteiger partial charge in [0.05, 0.1) is 0 Å². The number of hydrogen-bond donors (Lipinski definition) is 0. The number of ether oxygens (including phenoxy) is 4. The van der Waals surface area contributed by atoms with Gasteiger partial charge in [-0.15, -0.1) is 0 Å². The molecule has 1 saturated heterocycles. The summed E-state index contributed by atoms with van der Waals surface area (Å²) in [5.41, 5.74) is 0. The Bertz CT molecular complexity index is 804. The summed E-state index contributed by atoms with van der Waals surface area (Å²) in [5.74, 6) is 3.39. The molecule has 2 unspecified atom stereocenters. The van der Waals surface area contributed by atoms with Crippen molar-refractivity contribution in [1.29, 1.82) is 0 Å². The van der Waals surface area contributed by atoms with Crippen LogP contribution in [-0.2, 0) is 0 Å². The van der Waals surface area contributed by atoms with Crippen molar-refractivity contribution in [3.05, 3.63) is 48.5 Å². The molecule has 1 fully saturated rings. The topological polar surface area (TPSA) is 43.4 Å². The van der Waals surface area contributed by atoms with Crippen LogP contribution >= 0.6 is 0 Å². The summed E-state index contributed by atoms with van der Waals surface area (Å²) in [5, 5.41) is 0. The molecule has 0 radical (unpaired) electrons. The van der Waals surface area contributed by atoms with E-state index in [1.54, 1.807) is 0 Å². The molecule has 0 N–H and O–H groups in total. The van der Waals surface area contributed by atoms with Gasteiger partial charge < -0.3 is 18.9 Å². The third-order valence-corrected chi connectivity index (χ3v) is 6.26. The van der Waals surface area contributed by atoms with E-state index in [0.29, 0.717) is 25.3 Å². The fraction of sp³-hybridized carbons (Fsp3) is 0.500. The number of nitrogens with zero attached hydrogens (tertiary/aromatic N) is 2. The largest absolute Gasteiger partial charge is 0.486 e. The summed E-state index contributed by atoms with van der Waals surface area (Å²) in [4.78, 5) is 5.05. The lowest BCUT2D eigenvalue weighted by molar-refractivity contribution is -0.0211. The predicted molar refractivity (Wildman–Crippen MR) is 115 cm³/mol. The average Bonchev–Trinajstić information content (AvgIpc) is 2.77. The summed E-state index contributed by atoms with van der Waals surface area (Å²) in [6.07, 6.45) is 0.125. The molecular weight excluding hydrogens is 380 g/mol. The van der Waals surface area contributed by atoms with Crippen molar-refractivity contribution in [3.63, 3.8) is 0 Å². The Morgan fingerprint density at radius 3 is 1.50 bits per heavy atom. The van der Waals surface area contributed by atoms with Gasteiger partial charge >= 0.3 is 0 Å². The average molecular weight is 411 g/mol. The highest BCUT2D eigenvalue weighted by molar-refractivity contribution is 5.41. The SMILES string of the molecule is C[C@@H]1CN(CC2COc3ccccc3O2)[C@@H](C)CN1CC1COc2ccccc2O1. The first-order chi connectivity index (χ1) is 14.7. The third kappa shape index (κ3) is 4.07. The van der Waals surface area contributed by atoms with Crippen molar-refractivity contribution in [1.82, 2.24) is 9.80 Å². The molecule has 160 valence electrons. The van der Waals surface area contributed by atoms with E-state index < -0.39 is 0 Å². The summed E-state index contributed by atoms with van der Waals surface area (Å²) < 4.78 is 24.2. The van der Waals surface area contributed by atoms with Crippen molar-refractivity contribution < 1.29 is 18.9 Å². The molecule has 0 bridgehead atoms. The van der Waals surface area contributed by atoms with Crippen LogP contribution in [0.1, 0.15) is 13.8 Å². The molecule has 3 aliphatic rings. The van der Waals surface area contributed by atoms with E-state index in [1.165, 1.54) is 0 Å². The van der Waals surface area contributed by atoms with Gasteiger partial charge in [-0.1, -0.05) is 24.3 Å². The van der Waals surface area contributed by atoms with Gasteiger partial charge in [0.15, 0.2) is 23.0 Å². The molecule has 0 saturated carbocycles. The van der Waals surface area contributed by atoms with Gasteiger partial charge in [0.2, 0.25) is 0 Å². The molecule has 0 amide bonds. The molecular formula is C24H30N2O4. The summed E-state index contributed by atoms with van der Waals surface area (Å²) >= 11 is 0. The van der Waals surface area contributed by atoms with Gasteiger partial charge in [-0.05, 0) is 38.1 Å². The number of para-hydroxylation sites is 4. The lowest BCUT2D eigenvalue weighted by atomic mass is 10.1. The van der Waals surface area contributed by atoms with Crippen LogP contribution in [0.2, 0.25) is 0 Å². The number of piperazine rings is 1.